The lowest BCUT2D eigenvalue weighted by Crippen LogP contribution is -2.49. The van der Waals surface area contributed by atoms with Gasteiger partial charge in [-0.2, -0.15) is 9.40 Å². The van der Waals surface area contributed by atoms with Crippen molar-refractivity contribution in [3.8, 4) is 0 Å². The summed E-state index contributed by atoms with van der Waals surface area (Å²) in [5.41, 5.74) is 1.09. The molecule has 2 atom stereocenters. The molecule has 1 aromatic heterocycles. The lowest BCUT2D eigenvalue weighted by molar-refractivity contribution is 0.164. The minimum atomic E-state index is -3.17. The Hall–Kier alpha value is -0.920. The molecular weight excluding hydrogens is 300 g/mol. The van der Waals surface area contributed by atoms with E-state index in [9.17, 15) is 8.42 Å². The van der Waals surface area contributed by atoms with Crippen molar-refractivity contribution < 1.29 is 8.42 Å². The van der Waals surface area contributed by atoms with Crippen LogP contribution in [0.3, 0.4) is 0 Å². The first-order valence-corrected chi connectivity index (χ1v) is 9.56. The average Bonchev–Trinajstić information content (AvgIpc) is 3.05. The molecule has 126 valence electrons. The summed E-state index contributed by atoms with van der Waals surface area (Å²) in [6, 6.07) is 0.633. The summed E-state index contributed by atoms with van der Waals surface area (Å²) in [5, 5.41) is 4.21. The number of aromatic nitrogens is 2. The maximum atomic E-state index is 12.4. The summed E-state index contributed by atoms with van der Waals surface area (Å²) in [4.78, 5) is 2.30. The van der Waals surface area contributed by atoms with Crippen molar-refractivity contribution in [2.24, 2.45) is 7.05 Å². The van der Waals surface area contributed by atoms with Crippen LogP contribution in [0.5, 0.6) is 0 Å². The molecule has 0 bridgehead atoms. The second-order valence-corrected chi connectivity index (χ2v) is 8.63. The Morgan fingerprint density at radius 1 is 1.45 bits per heavy atom. The van der Waals surface area contributed by atoms with Crippen LogP contribution in [0.4, 0.5) is 0 Å². The maximum absolute atomic E-state index is 12.4. The zero-order chi connectivity index (χ0) is 16.5. The van der Waals surface area contributed by atoms with Crippen LogP contribution < -0.4 is 0 Å². The second kappa shape index (κ2) is 6.68. The van der Waals surface area contributed by atoms with Gasteiger partial charge in [0.15, 0.2) is 0 Å². The van der Waals surface area contributed by atoms with Crippen molar-refractivity contribution in [2.45, 2.75) is 51.7 Å². The van der Waals surface area contributed by atoms with Crippen LogP contribution in [-0.2, 0) is 23.5 Å². The van der Waals surface area contributed by atoms with Gasteiger partial charge in [-0.3, -0.25) is 9.58 Å². The number of hydrogen-bond donors (Lipinski definition) is 0. The van der Waals surface area contributed by atoms with Gasteiger partial charge in [0, 0.05) is 37.9 Å². The normalized spacial score (nSPS) is 23.8. The fourth-order valence-electron chi connectivity index (χ4n) is 3.24. The summed E-state index contributed by atoms with van der Waals surface area (Å²) in [6.07, 6.45) is 5.41. The minimum Gasteiger partial charge on any atom is -0.299 e. The fraction of sp³-hybridized carbons (Fsp3) is 0.800. The SMILES string of the molecule is CCS(=O)(=O)N1CC[C@@H](N(C)C(C)C)[C@@H]1Cc1cnn(C)c1. The molecule has 0 aromatic carbocycles. The van der Waals surface area contributed by atoms with E-state index in [2.05, 4.69) is 30.9 Å². The Morgan fingerprint density at radius 2 is 2.14 bits per heavy atom. The van der Waals surface area contributed by atoms with Gasteiger partial charge in [0.05, 0.1) is 11.9 Å². The molecule has 0 aliphatic carbocycles. The third kappa shape index (κ3) is 3.52. The first-order chi connectivity index (χ1) is 10.3. The first kappa shape index (κ1) is 17.4. The number of sulfonamides is 1. The van der Waals surface area contributed by atoms with Crippen LogP contribution in [0.1, 0.15) is 32.8 Å². The van der Waals surface area contributed by atoms with Crippen molar-refractivity contribution in [1.82, 2.24) is 19.0 Å². The molecule has 0 N–H and O–H groups in total. The summed E-state index contributed by atoms with van der Waals surface area (Å²) >= 11 is 0. The summed E-state index contributed by atoms with van der Waals surface area (Å²) in [6.45, 7) is 6.63. The fourth-order valence-corrected chi connectivity index (χ4v) is 4.58. The molecule has 2 rings (SSSR count). The predicted molar refractivity (Wildman–Crippen MR) is 88.2 cm³/mol. The number of aryl methyl sites for hydroxylation is 1. The van der Waals surface area contributed by atoms with Crippen molar-refractivity contribution >= 4 is 10.0 Å². The van der Waals surface area contributed by atoms with E-state index in [4.69, 9.17) is 0 Å². The van der Waals surface area contributed by atoms with E-state index in [-0.39, 0.29) is 17.8 Å². The van der Waals surface area contributed by atoms with Gasteiger partial charge in [0.25, 0.3) is 0 Å². The van der Waals surface area contributed by atoms with Crippen LogP contribution in [0.15, 0.2) is 12.4 Å². The van der Waals surface area contributed by atoms with E-state index in [0.717, 1.165) is 18.4 Å². The highest BCUT2D eigenvalue weighted by atomic mass is 32.2. The number of hydrogen-bond acceptors (Lipinski definition) is 4. The zero-order valence-corrected chi connectivity index (χ0v) is 15.0. The van der Waals surface area contributed by atoms with E-state index in [1.807, 2.05) is 19.4 Å². The van der Waals surface area contributed by atoms with E-state index >= 15 is 0 Å². The molecule has 1 aromatic rings. The Kier molecular flexibility index (Phi) is 5.29. The van der Waals surface area contributed by atoms with Gasteiger partial charge in [-0.1, -0.05) is 0 Å². The van der Waals surface area contributed by atoms with Crippen LogP contribution in [-0.4, -0.2) is 64.9 Å². The highest BCUT2D eigenvalue weighted by Gasteiger charge is 2.42. The molecule has 0 saturated carbocycles. The standard InChI is InChI=1S/C15H28N4O2S/c1-6-22(20,21)19-8-7-14(18(5)12(2)3)15(19)9-13-10-16-17(4)11-13/h10-12,14-15H,6-9H2,1-5H3/t14-,15+/m1/s1. The largest absolute Gasteiger partial charge is 0.299 e. The van der Waals surface area contributed by atoms with Gasteiger partial charge in [-0.25, -0.2) is 8.42 Å². The number of likely N-dealkylation sites (N-methyl/N-ethyl adjacent to an activating group) is 1. The number of nitrogens with zero attached hydrogens (tertiary/aromatic N) is 4. The highest BCUT2D eigenvalue weighted by molar-refractivity contribution is 7.89. The Bertz CT molecular complexity index is 596. The van der Waals surface area contributed by atoms with Gasteiger partial charge in [-0.05, 0) is 46.2 Å². The zero-order valence-electron chi connectivity index (χ0n) is 14.2. The molecule has 1 fully saturated rings. The summed E-state index contributed by atoms with van der Waals surface area (Å²) in [7, 11) is 0.803. The van der Waals surface area contributed by atoms with Gasteiger partial charge >= 0.3 is 0 Å². The molecular formula is C15H28N4O2S. The van der Waals surface area contributed by atoms with Crippen LogP contribution in [0.25, 0.3) is 0 Å². The van der Waals surface area contributed by atoms with Gasteiger partial charge in [-0.15, -0.1) is 0 Å². The lowest BCUT2D eigenvalue weighted by Gasteiger charge is -2.34. The molecule has 2 heterocycles. The van der Waals surface area contributed by atoms with E-state index < -0.39 is 10.0 Å². The molecule has 6 nitrogen and oxygen atoms in total. The summed E-state index contributed by atoms with van der Waals surface area (Å²) < 4.78 is 28.3. The monoisotopic (exact) mass is 328 g/mol. The highest BCUT2D eigenvalue weighted by Crippen LogP contribution is 2.29. The van der Waals surface area contributed by atoms with Crippen LogP contribution in [0.2, 0.25) is 0 Å². The topological polar surface area (TPSA) is 58.4 Å². The Labute approximate surface area is 134 Å². The van der Waals surface area contributed by atoms with E-state index in [1.54, 1.807) is 15.9 Å². The Morgan fingerprint density at radius 3 is 2.64 bits per heavy atom. The molecule has 0 radical (unpaired) electrons. The predicted octanol–water partition coefficient (Wildman–Crippen LogP) is 1.10. The van der Waals surface area contributed by atoms with Crippen molar-refractivity contribution in [3.63, 3.8) is 0 Å². The smallest absolute Gasteiger partial charge is 0.214 e. The lowest BCUT2D eigenvalue weighted by atomic mass is 10.0. The van der Waals surface area contributed by atoms with Gasteiger partial charge in [0.2, 0.25) is 10.0 Å². The van der Waals surface area contributed by atoms with Crippen LogP contribution >= 0.6 is 0 Å². The van der Waals surface area contributed by atoms with E-state index in [1.165, 1.54) is 0 Å². The molecule has 22 heavy (non-hydrogen) atoms. The summed E-state index contributed by atoms with van der Waals surface area (Å²) in [5.74, 6) is 0.161. The quantitative estimate of drug-likeness (QED) is 0.784. The van der Waals surface area contributed by atoms with Gasteiger partial charge in [0.1, 0.15) is 0 Å². The number of rotatable bonds is 6. The molecule has 1 aliphatic rings. The average molecular weight is 328 g/mol. The third-order valence-electron chi connectivity index (χ3n) is 4.72. The van der Waals surface area contributed by atoms with E-state index in [0.29, 0.717) is 12.6 Å². The van der Waals surface area contributed by atoms with Crippen molar-refractivity contribution in [3.05, 3.63) is 18.0 Å². The third-order valence-corrected chi connectivity index (χ3v) is 6.62. The maximum Gasteiger partial charge on any atom is 0.214 e. The molecule has 0 amide bonds. The molecule has 0 unspecified atom stereocenters. The van der Waals surface area contributed by atoms with Gasteiger partial charge < -0.3 is 0 Å². The molecule has 7 heteroatoms. The Balaban J connectivity index is 2.28. The van der Waals surface area contributed by atoms with Crippen molar-refractivity contribution in [1.29, 1.82) is 0 Å². The first-order valence-electron chi connectivity index (χ1n) is 7.95. The molecule has 0 spiro atoms. The van der Waals surface area contributed by atoms with Crippen LogP contribution in [0, 0.1) is 0 Å². The molecule has 1 saturated heterocycles. The molecule has 1 aliphatic heterocycles. The minimum absolute atomic E-state index is 0.0125. The second-order valence-electron chi connectivity index (χ2n) is 6.42. The van der Waals surface area contributed by atoms with Crippen molar-refractivity contribution in [2.75, 3.05) is 19.3 Å².